The van der Waals surface area contributed by atoms with Crippen molar-refractivity contribution in [2.75, 3.05) is 19.7 Å². The van der Waals surface area contributed by atoms with E-state index in [0.29, 0.717) is 42.0 Å². The second-order valence-corrected chi connectivity index (χ2v) is 3.83. The molecule has 1 fully saturated rings. The Morgan fingerprint density at radius 3 is 2.69 bits per heavy atom. The Hall–Kier alpha value is -1.68. The quantitative estimate of drug-likeness (QED) is 0.748. The van der Waals surface area contributed by atoms with Crippen molar-refractivity contribution in [3.05, 3.63) is 29.3 Å². The van der Waals surface area contributed by atoms with Crippen LogP contribution in [-0.2, 0) is 0 Å². The topological polar surface area (TPSA) is 55.4 Å². The largest absolute Gasteiger partial charge is 0.492 e. The first-order chi connectivity index (χ1) is 7.85. The number of carbonyl (C=O) groups is 2. The summed E-state index contributed by atoms with van der Waals surface area (Å²) in [4.78, 5) is 21.6. The number of carbonyl (C=O) groups excluding carboxylic acids is 2. The molecule has 1 saturated heterocycles. The molecule has 0 aliphatic carbocycles. The van der Waals surface area contributed by atoms with Crippen molar-refractivity contribution in [3.63, 3.8) is 0 Å². The monoisotopic (exact) mass is 219 g/mol. The second kappa shape index (κ2) is 4.90. The van der Waals surface area contributed by atoms with E-state index in [9.17, 15) is 9.59 Å². The number of hydrogen-bond donors (Lipinski definition) is 1. The van der Waals surface area contributed by atoms with E-state index in [4.69, 9.17) is 4.74 Å². The van der Waals surface area contributed by atoms with Gasteiger partial charge in [0.15, 0.2) is 12.6 Å². The van der Waals surface area contributed by atoms with Crippen molar-refractivity contribution in [3.8, 4) is 5.75 Å². The third kappa shape index (κ3) is 2.12. The fraction of sp³-hybridized carbons (Fsp3) is 0.333. The molecule has 4 heteroatoms. The molecule has 0 amide bonds. The zero-order valence-electron chi connectivity index (χ0n) is 8.81. The average Bonchev–Trinajstić information content (AvgIpc) is 2.26. The fourth-order valence-corrected chi connectivity index (χ4v) is 1.59. The van der Waals surface area contributed by atoms with Crippen molar-refractivity contribution < 1.29 is 14.3 Å². The second-order valence-electron chi connectivity index (χ2n) is 3.83. The normalized spacial score (nSPS) is 15.2. The average molecular weight is 219 g/mol. The number of ether oxygens (including phenoxy) is 1. The van der Waals surface area contributed by atoms with Crippen molar-refractivity contribution in [1.82, 2.24) is 5.32 Å². The summed E-state index contributed by atoms with van der Waals surface area (Å²) in [6, 6.07) is 5.03. The molecule has 16 heavy (non-hydrogen) atoms. The summed E-state index contributed by atoms with van der Waals surface area (Å²) in [6.07, 6.45) is 1.33. The van der Waals surface area contributed by atoms with Crippen LogP contribution in [0.3, 0.4) is 0 Å². The van der Waals surface area contributed by atoms with Gasteiger partial charge in [0.05, 0.1) is 12.2 Å². The lowest BCUT2D eigenvalue weighted by Gasteiger charge is -2.27. The number of hydrogen-bond acceptors (Lipinski definition) is 4. The van der Waals surface area contributed by atoms with E-state index in [-0.39, 0.29) is 0 Å². The predicted octanol–water partition coefficient (Wildman–Crippen LogP) is 0.910. The lowest BCUT2D eigenvalue weighted by atomic mass is 10.1. The summed E-state index contributed by atoms with van der Waals surface area (Å²) in [7, 11) is 0. The van der Waals surface area contributed by atoms with Crippen molar-refractivity contribution in [1.29, 1.82) is 0 Å². The van der Waals surface area contributed by atoms with Crippen LogP contribution in [0.2, 0.25) is 0 Å². The van der Waals surface area contributed by atoms with Gasteiger partial charge in [0.2, 0.25) is 0 Å². The SMILES string of the molecule is O=Cc1cccc(OCC2CNC2)c1C=O. The van der Waals surface area contributed by atoms with Gasteiger partial charge in [-0.1, -0.05) is 12.1 Å². The Labute approximate surface area is 93.6 Å². The number of rotatable bonds is 5. The van der Waals surface area contributed by atoms with Gasteiger partial charge in [-0.25, -0.2) is 0 Å². The van der Waals surface area contributed by atoms with Gasteiger partial charge in [-0.05, 0) is 6.07 Å². The molecule has 0 unspecified atom stereocenters. The highest BCUT2D eigenvalue weighted by molar-refractivity contribution is 5.92. The Morgan fingerprint density at radius 1 is 1.31 bits per heavy atom. The number of aldehydes is 2. The molecule has 1 aromatic rings. The first-order valence-electron chi connectivity index (χ1n) is 5.22. The van der Waals surface area contributed by atoms with Crippen molar-refractivity contribution >= 4 is 12.6 Å². The summed E-state index contributed by atoms with van der Waals surface area (Å²) in [5.41, 5.74) is 0.712. The van der Waals surface area contributed by atoms with E-state index in [0.717, 1.165) is 13.1 Å². The van der Waals surface area contributed by atoms with Crippen LogP contribution in [0.15, 0.2) is 18.2 Å². The number of nitrogens with one attached hydrogen (secondary N) is 1. The van der Waals surface area contributed by atoms with Crippen molar-refractivity contribution in [2.24, 2.45) is 5.92 Å². The van der Waals surface area contributed by atoms with Gasteiger partial charge in [-0.2, -0.15) is 0 Å². The molecule has 0 spiro atoms. The molecule has 2 rings (SSSR count). The smallest absolute Gasteiger partial charge is 0.154 e. The summed E-state index contributed by atoms with van der Waals surface area (Å²) in [5.74, 6) is 0.992. The Kier molecular flexibility index (Phi) is 3.31. The molecule has 0 aromatic heterocycles. The maximum absolute atomic E-state index is 10.9. The van der Waals surface area contributed by atoms with Crippen LogP contribution in [0.5, 0.6) is 5.75 Å². The predicted molar refractivity (Wildman–Crippen MR) is 59.1 cm³/mol. The highest BCUT2D eigenvalue weighted by Gasteiger charge is 2.18. The van der Waals surface area contributed by atoms with Gasteiger partial charge in [0, 0.05) is 24.6 Å². The molecule has 1 aliphatic rings. The summed E-state index contributed by atoms with van der Waals surface area (Å²) >= 11 is 0. The van der Waals surface area contributed by atoms with Crippen LogP contribution in [0, 0.1) is 5.92 Å². The minimum Gasteiger partial charge on any atom is -0.492 e. The molecule has 1 N–H and O–H groups in total. The number of benzene rings is 1. The van der Waals surface area contributed by atoms with E-state index < -0.39 is 0 Å². The summed E-state index contributed by atoms with van der Waals surface area (Å²) < 4.78 is 5.54. The molecule has 1 heterocycles. The van der Waals surface area contributed by atoms with Crippen molar-refractivity contribution in [2.45, 2.75) is 0 Å². The first kappa shape index (κ1) is 10.8. The van der Waals surface area contributed by atoms with Gasteiger partial charge >= 0.3 is 0 Å². The van der Waals surface area contributed by atoms with Gasteiger partial charge in [-0.3, -0.25) is 9.59 Å². The van der Waals surface area contributed by atoms with Gasteiger partial charge in [0.1, 0.15) is 5.75 Å². The Balaban J connectivity index is 2.11. The van der Waals surface area contributed by atoms with E-state index >= 15 is 0 Å². The molecular weight excluding hydrogens is 206 g/mol. The van der Waals surface area contributed by atoms with E-state index in [1.165, 1.54) is 0 Å². The lowest BCUT2D eigenvalue weighted by molar-refractivity contribution is 0.109. The Morgan fingerprint density at radius 2 is 2.12 bits per heavy atom. The maximum Gasteiger partial charge on any atom is 0.154 e. The molecule has 0 bridgehead atoms. The van der Waals surface area contributed by atoms with E-state index in [1.54, 1.807) is 18.2 Å². The molecule has 4 nitrogen and oxygen atoms in total. The molecule has 84 valence electrons. The third-order valence-corrected chi connectivity index (χ3v) is 2.69. The zero-order chi connectivity index (χ0) is 11.4. The fourth-order valence-electron chi connectivity index (χ4n) is 1.59. The van der Waals surface area contributed by atoms with Gasteiger partial charge < -0.3 is 10.1 Å². The minimum absolute atomic E-state index is 0.338. The summed E-state index contributed by atoms with van der Waals surface area (Å²) in [6.45, 7) is 2.48. The van der Waals surface area contributed by atoms with E-state index in [2.05, 4.69) is 5.32 Å². The molecule has 0 radical (unpaired) electrons. The van der Waals surface area contributed by atoms with Crippen LogP contribution in [-0.4, -0.2) is 32.3 Å². The van der Waals surface area contributed by atoms with Crippen LogP contribution >= 0.6 is 0 Å². The molecule has 0 atom stereocenters. The third-order valence-electron chi connectivity index (χ3n) is 2.69. The van der Waals surface area contributed by atoms with Gasteiger partial charge in [0.25, 0.3) is 0 Å². The molecule has 1 aromatic carbocycles. The van der Waals surface area contributed by atoms with Crippen LogP contribution in [0.1, 0.15) is 20.7 Å². The highest BCUT2D eigenvalue weighted by Crippen LogP contribution is 2.20. The summed E-state index contributed by atoms with van der Waals surface area (Å²) in [5, 5.41) is 3.14. The Bertz CT molecular complexity index is 399. The standard InChI is InChI=1S/C12H13NO3/c14-6-10-2-1-3-12(11(10)7-15)16-8-9-4-13-5-9/h1-3,6-7,9,13H,4-5,8H2. The molecule has 0 saturated carbocycles. The molecular formula is C12H13NO3. The molecule has 1 aliphatic heterocycles. The first-order valence-corrected chi connectivity index (χ1v) is 5.22. The van der Waals surface area contributed by atoms with E-state index in [1.807, 2.05) is 0 Å². The lowest BCUT2D eigenvalue weighted by Crippen LogP contribution is -2.45. The minimum atomic E-state index is 0.338. The highest BCUT2D eigenvalue weighted by atomic mass is 16.5. The zero-order valence-corrected chi connectivity index (χ0v) is 8.81. The van der Waals surface area contributed by atoms with Crippen LogP contribution in [0.4, 0.5) is 0 Å². The van der Waals surface area contributed by atoms with Crippen LogP contribution in [0.25, 0.3) is 0 Å². The maximum atomic E-state index is 10.9. The van der Waals surface area contributed by atoms with Crippen LogP contribution < -0.4 is 10.1 Å². The van der Waals surface area contributed by atoms with Gasteiger partial charge in [-0.15, -0.1) is 0 Å².